The average molecular weight is 569 g/mol. The molecule has 2 heterocycles. The normalized spacial score (nSPS) is 14.3. The first-order valence-electron chi connectivity index (χ1n) is 12.2. The molecule has 0 saturated heterocycles. The zero-order valence-electron chi connectivity index (χ0n) is 20.1. The Kier molecular flexibility index (Phi) is 7.39. The molecule has 4 nitrogen and oxygen atoms in total. The van der Waals surface area contributed by atoms with Crippen molar-refractivity contribution in [2.24, 2.45) is 5.92 Å². The summed E-state index contributed by atoms with van der Waals surface area (Å²) in [7, 11) is 1.62. The molecule has 0 bridgehead atoms. The van der Waals surface area contributed by atoms with Crippen LogP contribution in [0.4, 0.5) is 4.39 Å². The number of fused-ring (bicyclic) bond motifs is 1. The second kappa shape index (κ2) is 10.7. The first-order valence-corrected chi connectivity index (χ1v) is 14.1. The maximum Gasteiger partial charge on any atom is 0.201 e. The molecule has 0 aliphatic heterocycles. The fraction of sp³-hybridized carbons (Fsp3) is 0.310. The molecule has 1 aliphatic carbocycles. The standard InChI is InChI=1S/C29H27BrFNO3S/c1-35-21-13-11-19(12-14-21)28-22(15-30)25-27(34)23(26(33)18-7-3-2-4-8-18)17-32(29(25)36-28)16-20-9-5-6-10-24(20)31/h5-6,9-14,17-18H,2-4,7-8,15-16H2,1H3. The Bertz CT molecular complexity index is 1470. The highest BCUT2D eigenvalue weighted by Crippen LogP contribution is 2.40. The lowest BCUT2D eigenvalue weighted by Gasteiger charge is -2.21. The maximum absolute atomic E-state index is 14.6. The molecular formula is C29H27BrFNO3S. The molecule has 4 aromatic rings. The van der Waals surface area contributed by atoms with Gasteiger partial charge in [0.25, 0.3) is 0 Å². The molecule has 186 valence electrons. The SMILES string of the molecule is COc1ccc(-c2sc3c(c2CBr)c(=O)c(C(=O)C2CCCCC2)cn3Cc2ccccc2F)cc1. The van der Waals surface area contributed by atoms with E-state index in [1.54, 1.807) is 31.5 Å². The third-order valence-corrected chi connectivity index (χ3v) is 8.91. The van der Waals surface area contributed by atoms with Crippen LogP contribution in [-0.4, -0.2) is 17.5 Å². The number of ether oxygens (including phenoxy) is 1. The molecule has 1 fully saturated rings. The molecule has 0 N–H and O–H groups in total. The van der Waals surface area contributed by atoms with Gasteiger partial charge in [0.15, 0.2) is 5.78 Å². The van der Waals surface area contributed by atoms with Gasteiger partial charge in [-0.15, -0.1) is 11.3 Å². The van der Waals surface area contributed by atoms with Crippen LogP contribution in [0.2, 0.25) is 0 Å². The third-order valence-electron chi connectivity index (χ3n) is 7.03. The summed E-state index contributed by atoms with van der Waals surface area (Å²) in [5.74, 6) is 0.233. The summed E-state index contributed by atoms with van der Waals surface area (Å²) < 4.78 is 21.8. The first-order chi connectivity index (χ1) is 17.5. The number of alkyl halides is 1. The van der Waals surface area contributed by atoms with Crippen LogP contribution in [0.5, 0.6) is 5.75 Å². The van der Waals surface area contributed by atoms with E-state index in [0.29, 0.717) is 16.3 Å². The van der Waals surface area contributed by atoms with Gasteiger partial charge in [0.05, 0.1) is 24.6 Å². The van der Waals surface area contributed by atoms with Gasteiger partial charge in [0.1, 0.15) is 16.4 Å². The van der Waals surface area contributed by atoms with E-state index in [1.807, 2.05) is 28.8 Å². The van der Waals surface area contributed by atoms with Crippen LogP contribution in [-0.2, 0) is 11.9 Å². The monoisotopic (exact) mass is 567 g/mol. The number of Topliss-reactive ketones (excluding diaryl/α,β-unsaturated/α-hetero) is 1. The van der Waals surface area contributed by atoms with Crippen molar-refractivity contribution in [1.82, 2.24) is 4.57 Å². The number of pyridine rings is 1. The van der Waals surface area contributed by atoms with Crippen molar-refractivity contribution in [1.29, 1.82) is 0 Å². The number of nitrogens with zero attached hydrogens (tertiary/aromatic N) is 1. The van der Waals surface area contributed by atoms with Crippen molar-refractivity contribution in [2.45, 2.75) is 44.0 Å². The van der Waals surface area contributed by atoms with E-state index in [-0.39, 0.29) is 35.1 Å². The fourth-order valence-corrected chi connectivity index (χ4v) is 7.13. The quantitative estimate of drug-likeness (QED) is 0.171. The Hall–Kier alpha value is -2.77. The largest absolute Gasteiger partial charge is 0.497 e. The zero-order chi connectivity index (χ0) is 25.2. The van der Waals surface area contributed by atoms with Gasteiger partial charge in [-0.05, 0) is 54.3 Å². The summed E-state index contributed by atoms with van der Waals surface area (Å²) >= 11 is 5.09. The van der Waals surface area contributed by atoms with Gasteiger partial charge in [-0.3, -0.25) is 9.59 Å². The van der Waals surface area contributed by atoms with Gasteiger partial charge >= 0.3 is 0 Å². The average Bonchev–Trinajstić information content (AvgIpc) is 3.32. The molecule has 36 heavy (non-hydrogen) atoms. The number of ketones is 1. The number of rotatable bonds is 7. The minimum atomic E-state index is -0.308. The summed E-state index contributed by atoms with van der Waals surface area (Å²) in [6.07, 6.45) is 6.44. The van der Waals surface area contributed by atoms with Crippen LogP contribution in [0.15, 0.2) is 59.5 Å². The van der Waals surface area contributed by atoms with E-state index in [2.05, 4.69) is 15.9 Å². The van der Waals surface area contributed by atoms with Gasteiger partial charge in [0.2, 0.25) is 5.43 Å². The van der Waals surface area contributed by atoms with Crippen molar-refractivity contribution < 1.29 is 13.9 Å². The Labute approximate surface area is 221 Å². The Balaban J connectivity index is 1.73. The van der Waals surface area contributed by atoms with Crippen LogP contribution in [0.1, 0.15) is 53.6 Å². The van der Waals surface area contributed by atoms with Crippen molar-refractivity contribution in [3.05, 3.63) is 87.5 Å². The summed E-state index contributed by atoms with van der Waals surface area (Å²) in [4.78, 5) is 29.1. The number of halogens is 2. The van der Waals surface area contributed by atoms with Crippen molar-refractivity contribution in [3.63, 3.8) is 0 Å². The number of benzene rings is 2. The number of carbonyl (C=O) groups excluding carboxylic acids is 1. The predicted octanol–water partition coefficient (Wildman–Crippen LogP) is 7.58. The Morgan fingerprint density at radius 1 is 1.11 bits per heavy atom. The third kappa shape index (κ3) is 4.66. The van der Waals surface area contributed by atoms with Crippen LogP contribution in [0, 0.1) is 11.7 Å². The van der Waals surface area contributed by atoms with Crippen LogP contribution < -0.4 is 10.2 Å². The second-order valence-electron chi connectivity index (χ2n) is 9.24. The fourth-order valence-electron chi connectivity index (χ4n) is 5.09. The second-order valence-corrected chi connectivity index (χ2v) is 10.8. The highest BCUT2D eigenvalue weighted by atomic mass is 79.9. The predicted molar refractivity (Wildman–Crippen MR) is 147 cm³/mol. The zero-order valence-corrected chi connectivity index (χ0v) is 22.5. The summed E-state index contributed by atoms with van der Waals surface area (Å²) in [6.45, 7) is 0.235. The molecule has 7 heteroatoms. The number of hydrogen-bond acceptors (Lipinski definition) is 4. The lowest BCUT2D eigenvalue weighted by Crippen LogP contribution is -2.26. The van der Waals surface area contributed by atoms with Gasteiger partial charge < -0.3 is 9.30 Å². The van der Waals surface area contributed by atoms with E-state index < -0.39 is 0 Å². The van der Waals surface area contributed by atoms with E-state index in [9.17, 15) is 14.0 Å². The summed E-state index contributed by atoms with van der Waals surface area (Å²) in [5.41, 5.74) is 2.32. The van der Waals surface area contributed by atoms with Gasteiger partial charge in [-0.1, -0.05) is 53.4 Å². The van der Waals surface area contributed by atoms with Gasteiger partial charge in [0, 0.05) is 27.9 Å². The molecule has 0 unspecified atom stereocenters. The number of aromatic nitrogens is 1. The van der Waals surface area contributed by atoms with E-state index in [4.69, 9.17) is 4.74 Å². The molecule has 0 spiro atoms. The maximum atomic E-state index is 14.6. The number of hydrogen-bond donors (Lipinski definition) is 0. The summed E-state index contributed by atoms with van der Waals surface area (Å²) in [5, 5.41) is 1.00. The topological polar surface area (TPSA) is 48.3 Å². The lowest BCUT2D eigenvalue weighted by molar-refractivity contribution is 0.0888. The summed E-state index contributed by atoms with van der Waals surface area (Å²) in [6, 6.07) is 14.4. The molecule has 5 rings (SSSR count). The van der Waals surface area contributed by atoms with Crippen molar-refractivity contribution >= 4 is 43.3 Å². The molecule has 1 aliphatic rings. The Morgan fingerprint density at radius 3 is 2.50 bits per heavy atom. The highest BCUT2D eigenvalue weighted by molar-refractivity contribution is 9.08. The van der Waals surface area contributed by atoms with E-state index >= 15 is 0 Å². The minimum Gasteiger partial charge on any atom is -0.497 e. The van der Waals surface area contributed by atoms with E-state index in [0.717, 1.165) is 58.7 Å². The van der Waals surface area contributed by atoms with Crippen LogP contribution >= 0.6 is 27.3 Å². The number of carbonyl (C=O) groups is 1. The first kappa shape index (κ1) is 24.9. The van der Waals surface area contributed by atoms with Crippen LogP contribution in [0.3, 0.4) is 0 Å². The van der Waals surface area contributed by atoms with E-state index in [1.165, 1.54) is 17.4 Å². The van der Waals surface area contributed by atoms with Crippen molar-refractivity contribution in [3.8, 4) is 16.2 Å². The van der Waals surface area contributed by atoms with Crippen LogP contribution in [0.25, 0.3) is 20.7 Å². The molecule has 0 radical (unpaired) electrons. The highest BCUT2D eigenvalue weighted by Gasteiger charge is 2.28. The molecule has 0 atom stereocenters. The molecule has 1 saturated carbocycles. The number of methoxy groups -OCH3 is 1. The molecule has 2 aromatic carbocycles. The lowest BCUT2D eigenvalue weighted by atomic mass is 9.84. The molecule has 0 amide bonds. The minimum absolute atomic E-state index is 0.0818. The number of thiophene rings is 1. The van der Waals surface area contributed by atoms with Crippen molar-refractivity contribution in [2.75, 3.05) is 7.11 Å². The smallest absolute Gasteiger partial charge is 0.201 e. The molecule has 2 aromatic heterocycles. The Morgan fingerprint density at radius 2 is 1.83 bits per heavy atom. The van der Waals surface area contributed by atoms with Gasteiger partial charge in [-0.25, -0.2) is 4.39 Å². The van der Waals surface area contributed by atoms with Gasteiger partial charge in [-0.2, -0.15) is 0 Å². The molecular weight excluding hydrogens is 541 g/mol.